The summed E-state index contributed by atoms with van der Waals surface area (Å²) in [6, 6.07) is 0. The van der Waals surface area contributed by atoms with Gasteiger partial charge in [0.15, 0.2) is 0 Å². The smallest absolute Gasteiger partial charge is 0.333 e. The molecule has 152 valence electrons. The van der Waals surface area contributed by atoms with Crippen molar-refractivity contribution in [1.82, 2.24) is 0 Å². The molecule has 0 aromatic rings. The first-order valence-corrected chi connectivity index (χ1v) is 9.40. The first kappa shape index (κ1) is 20.3. The molecule has 0 unspecified atom stereocenters. The number of hydrogen-bond acceptors (Lipinski definition) is 7. The molecule has 0 spiro atoms. The van der Waals surface area contributed by atoms with Crippen molar-refractivity contribution < 1.29 is 34.1 Å². The standard InChI is InChI=1S/C21H26O7/c1-13(16(22)23)5-4-9-19(2)15-8-11-20(18(25)28-19)10-6-14(17(24)27-3)7-12-21(15,20)26/h4-6,9,15,26H,7-8,10-12H2,1-3H3,(H,22,23)/p-1/b9-4+,13-5+/t15-,19+,20+,21-/m0/s1. The van der Waals surface area contributed by atoms with Crippen molar-refractivity contribution in [3.63, 3.8) is 0 Å². The Kier molecular flexibility index (Phi) is 5.00. The Morgan fingerprint density at radius 2 is 2.11 bits per heavy atom. The van der Waals surface area contributed by atoms with Crippen molar-refractivity contribution in [1.29, 1.82) is 0 Å². The predicted molar refractivity (Wildman–Crippen MR) is 96.5 cm³/mol. The van der Waals surface area contributed by atoms with Crippen LogP contribution in [-0.2, 0) is 23.9 Å². The monoisotopic (exact) mass is 389 g/mol. The number of aliphatic hydroxyl groups is 1. The van der Waals surface area contributed by atoms with E-state index in [1.165, 1.54) is 26.2 Å². The maximum atomic E-state index is 13.1. The second kappa shape index (κ2) is 6.88. The molecule has 3 rings (SSSR count). The van der Waals surface area contributed by atoms with Crippen molar-refractivity contribution in [3.05, 3.63) is 35.5 Å². The Morgan fingerprint density at radius 3 is 2.75 bits per heavy atom. The van der Waals surface area contributed by atoms with E-state index >= 15 is 0 Å². The van der Waals surface area contributed by atoms with Gasteiger partial charge in [-0.05, 0) is 57.6 Å². The lowest BCUT2D eigenvalue weighted by molar-refractivity contribution is -0.299. The minimum absolute atomic E-state index is 0.0443. The number of ether oxygens (including phenoxy) is 2. The van der Waals surface area contributed by atoms with Gasteiger partial charge in [-0.15, -0.1) is 0 Å². The Labute approximate surface area is 163 Å². The zero-order valence-electron chi connectivity index (χ0n) is 16.3. The molecule has 2 fully saturated rings. The van der Waals surface area contributed by atoms with Gasteiger partial charge in [0.1, 0.15) is 11.0 Å². The van der Waals surface area contributed by atoms with Gasteiger partial charge in [-0.1, -0.05) is 18.2 Å². The number of aliphatic carboxylic acids is 1. The summed E-state index contributed by atoms with van der Waals surface area (Å²) in [5.41, 5.74) is -2.96. The van der Waals surface area contributed by atoms with Gasteiger partial charge >= 0.3 is 11.9 Å². The molecule has 1 N–H and O–H groups in total. The molecule has 0 amide bonds. The van der Waals surface area contributed by atoms with Crippen LogP contribution in [0, 0.1) is 11.3 Å². The number of cyclic esters (lactones) is 1. The summed E-state index contributed by atoms with van der Waals surface area (Å²) >= 11 is 0. The van der Waals surface area contributed by atoms with E-state index in [1.54, 1.807) is 19.1 Å². The molecule has 2 bridgehead atoms. The molecule has 7 nitrogen and oxygen atoms in total. The molecule has 3 aliphatic rings. The van der Waals surface area contributed by atoms with Crippen LogP contribution in [-0.4, -0.2) is 41.3 Å². The number of carboxylic acids is 1. The number of esters is 2. The van der Waals surface area contributed by atoms with E-state index < -0.39 is 34.5 Å². The normalized spacial score (nSPS) is 37.7. The highest BCUT2D eigenvalue weighted by atomic mass is 16.6. The predicted octanol–water partition coefficient (Wildman–Crippen LogP) is 0.965. The summed E-state index contributed by atoms with van der Waals surface area (Å²) < 4.78 is 10.6. The fourth-order valence-electron chi connectivity index (χ4n) is 5.01. The van der Waals surface area contributed by atoms with Crippen LogP contribution in [0.25, 0.3) is 0 Å². The van der Waals surface area contributed by atoms with E-state index in [1.807, 2.05) is 0 Å². The molecule has 0 radical (unpaired) electrons. The van der Waals surface area contributed by atoms with E-state index in [0.29, 0.717) is 24.8 Å². The van der Waals surface area contributed by atoms with Gasteiger partial charge in [0.2, 0.25) is 0 Å². The number of allylic oxidation sites excluding steroid dienone is 3. The average Bonchev–Trinajstić information content (AvgIpc) is 2.77. The first-order chi connectivity index (χ1) is 13.1. The van der Waals surface area contributed by atoms with Crippen LogP contribution in [0.15, 0.2) is 35.5 Å². The lowest BCUT2D eigenvalue weighted by Gasteiger charge is -2.52. The number of methoxy groups -OCH3 is 1. The Morgan fingerprint density at radius 1 is 1.39 bits per heavy atom. The van der Waals surface area contributed by atoms with Gasteiger partial charge in [-0.3, -0.25) is 4.79 Å². The van der Waals surface area contributed by atoms with Crippen LogP contribution in [0.5, 0.6) is 0 Å². The van der Waals surface area contributed by atoms with Crippen LogP contribution in [0.2, 0.25) is 0 Å². The minimum atomic E-state index is -1.32. The third-order valence-corrected chi connectivity index (χ3v) is 6.68. The van der Waals surface area contributed by atoms with Crippen molar-refractivity contribution in [2.45, 2.75) is 57.2 Å². The van der Waals surface area contributed by atoms with Gasteiger partial charge in [0.25, 0.3) is 0 Å². The summed E-state index contributed by atoms with van der Waals surface area (Å²) in [5.74, 6) is -2.58. The van der Waals surface area contributed by atoms with Gasteiger partial charge in [0, 0.05) is 11.5 Å². The fourth-order valence-corrected chi connectivity index (χ4v) is 5.01. The van der Waals surface area contributed by atoms with E-state index in [4.69, 9.17) is 9.47 Å². The number of hydrogen-bond donors (Lipinski definition) is 1. The highest BCUT2D eigenvalue weighted by Gasteiger charge is 2.71. The number of rotatable bonds is 4. The van der Waals surface area contributed by atoms with Crippen molar-refractivity contribution >= 4 is 17.9 Å². The lowest BCUT2D eigenvalue weighted by Crippen LogP contribution is -2.63. The van der Waals surface area contributed by atoms with Gasteiger partial charge < -0.3 is 24.5 Å². The quantitative estimate of drug-likeness (QED) is 0.433. The molecule has 4 atom stereocenters. The zero-order chi connectivity index (χ0) is 20.7. The van der Waals surface area contributed by atoms with E-state index in [9.17, 15) is 24.6 Å². The second-order valence-corrected chi connectivity index (χ2v) is 8.09. The molecule has 0 aromatic carbocycles. The molecule has 28 heavy (non-hydrogen) atoms. The molecular weight excluding hydrogens is 364 g/mol. The van der Waals surface area contributed by atoms with Crippen molar-refractivity contribution in [2.24, 2.45) is 11.3 Å². The van der Waals surface area contributed by atoms with Gasteiger partial charge in [-0.2, -0.15) is 0 Å². The van der Waals surface area contributed by atoms with Crippen LogP contribution < -0.4 is 5.11 Å². The topological polar surface area (TPSA) is 113 Å². The van der Waals surface area contributed by atoms with Crippen molar-refractivity contribution in [3.8, 4) is 0 Å². The third-order valence-electron chi connectivity index (χ3n) is 6.68. The maximum Gasteiger partial charge on any atom is 0.333 e. The molecule has 1 heterocycles. The molecule has 1 aliphatic heterocycles. The van der Waals surface area contributed by atoms with E-state index in [2.05, 4.69) is 0 Å². The SMILES string of the molecule is COC(=O)C1=CC[C@@]23CC[C@@H]([C@@](C)(/C=C/C=C(\C)C(=O)[O-])OC2=O)[C@@]3(O)CC1. The minimum Gasteiger partial charge on any atom is -0.545 e. The molecular formula is C21H25O7-. The third kappa shape index (κ3) is 2.89. The average molecular weight is 389 g/mol. The Balaban J connectivity index is 1.95. The Bertz CT molecular complexity index is 808. The summed E-state index contributed by atoms with van der Waals surface area (Å²) in [6.07, 6.45) is 8.06. The maximum absolute atomic E-state index is 13.1. The molecule has 1 saturated carbocycles. The first-order valence-electron chi connectivity index (χ1n) is 9.40. The molecule has 1 saturated heterocycles. The van der Waals surface area contributed by atoms with Gasteiger partial charge in [-0.25, -0.2) is 4.79 Å². The largest absolute Gasteiger partial charge is 0.545 e. The van der Waals surface area contributed by atoms with Crippen molar-refractivity contribution in [2.75, 3.05) is 7.11 Å². The second-order valence-electron chi connectivity index (χ2n) is 8.09. The van der Waals surface area contributed by atoms with E-state index in [0.717, 1.165) is 0 Å². The summed E-state index contributed by atoms with van der Waals surface area (Å²) in [6.45, 7) is 3.13. The summed E-state index contributed by atoms with van der Waals surface area (Å²) in [5, 5.41) is 22.5. The van der Waals surface area contributed by atoms with Crippen LogP contribution in [0.3, 0.4) is 0 Å². The molecule has 7 heteroatoms. The Hall–Kier alpha value is -2.41. The summed E-state index contributed by atoms with van der Waals surface area (Å²) in [4.78, 5) is 35.8. The van der Waals surface area contributed by atoms with Gasteiger partial charge in [0.05, 0.1) is 18.7 Å². The lowest BCUT2D eigenvalue weighted by atomic mass is 9.62. The zero-order valence-corrected chi connectivity index (χ0v) is 16.3. The van der Waals surface area contributed by atoms with Crippen LogP contribution >= 0.6 is 0 Å². The van der Waals surface area contributed by atoms with Crippen LogP contribution in [0.1, 0.15) is 46.0 Å². The highest BCUT2D eigenvalue weighted by Crippen LogP contribution is 2.63. The fraction of sp³-hybridized carbons (Fsp3) is 0.571. The number of carbonyl (C=O) groups excluding carboxylic acids is 3. The summed E-state index contributed by atoms with van der Waals surface area (Å²) in [7, 11) is 1.30. The number of carboxylic acid groups (broad SMARTS) is 1. The van der Waals surface area contributed by atoms with Crippen LogP contribution in [0.4, 0.5) is 0 Å². The molecule has 2 aliphatic carbocycles. The highest BCUT2D eigenvalue weighted by molar-refractivity contribution is 5.89. The molecule has 0 aromatic heterocycles. The number of carbonyl (C=O) groups is 3. The van der Waals surface area contributed by atoms with E-state index in [-0.39, 0.29) is 24.3 Å².